The van der Waals surface area contributed by atoms with Gasteiger partial charge in [0.05, 0.1) is 35.9 Å². The second-order valence-electron chi connectivity index (χ2n) is 5.98. The minimum Gasteiger partial charge on any atom is -0.383 e. The number of hydrogen-bond acceptors (Lipinski definition) is 5. The van der Waals surface area contributed by atoms with Crippen LogP contribution in [0.5, 0.6) is 0 Å². The van der Waals surface area contributed by atoms with Gasteiger partial charge in [0.1, 0.15) is 0 Å². The van der Waals surface area contributed by atoms with Crippen molar-refractivity contribution in [2.45, 2.75) is 25.5 Å². The molecule has 0 aliphatic carbocycles. The van der Waals surface area contributed by atoms with E-state index in [0.717, 1.165) is 23.1 Å². The second kappa shape index (κ2) is 6.25. The van der Waals surface area contributed by atoms with Crippen molar-refractivity contribution in [2.75, 3.05) is 27.4 Å². The van der Waals surface area contributed by atoms with Gasteiger partial charge in [-0.25, -0.2) is 4.98 Å². The number of aryl methyl sites for hydroxylation is 2. The molecule has 2 aromatic rings. The van der Waals surface area contributed by atoms with E-state index in [9.17, 15) is 4.79 Å². The van der Waals surface area contributed by atoms with E-state index in [2.05, 4.69) is 10.1 Å². The third-order valence-electron chi connectivity index (χ3n) is 4.39. The number of fused-ring (bicyclic) bond motifs is 1. The number of aromatic nitrogens is 3. The van der Waals surface area contributed by atoms with Gasteiger partial charge in [0.2, 0.25) is 0 Å². The Hall–Kier alpha value is -1.99. The monoisotopic (exact) mass is 318 g/mol. The summed E-state index contributed by atoms with van der Waals surface area (Å²) >= 11 is 0. The van der Waals surface area contributed by atoms with Gasteiger partial charge < -0.3 is 14.4 Å². The highest BCUT2D eigenvalue weighted by molar-refractivity contribution is 6.05. The van der Waals surface area contributed by atoms with Crippen LogP contribution in [-0.4, -0.2) is 65.1 Å². The van der Waals surface area contributed by atoms with E-state index in [-0.39, 0.29) is 18.1 Å². The first kappa shape index (κ1) is 15.9. The Morgan fingerprint density at radius 1 is 1.43 bits per heavy atom. The maximum absolute atomic E-state index is 13.1. The van der Waals surface area contributed by atoms with Gasteiger partial charge in [-0.15, -0.1) is 0 Å². The molecule has 124 valence electrons. The smallest absolute Gasteiger partial charge is 0.255 e. The normalized spacial score (nSPS) is 21.3. The molecule has 2 aromatic heterocycles. The molecule has 2 atom stereocenters. The predicted molar refractivity (Wildman–Crippen MR) is 85.4 cm³/mol. The van der Waals surface area contributed by atoms with Gasteiger partial charge in [0.15, 0.2) is 5.65 Å². The van der Waals surface area contributed by atoms with Crippen LogP contribution in [0.1, 0.15) is 22.5 Å². The number of rotatable bonds is 4. The largest absolute Gasteiger partial charge is 0.383 e. The molecule has 0 radical (unpaired) electrons. The number of pyridine rings is 1. The van der Waals surface area contributed by atoms with E-state index in [1.165, 1.54) is 0 Å². The van der Waals surface area contributed by atoms with Crippen molar-refractivity contribution in [1.82, 2.24) is 19.7 Å². The van der Waals surface area contributed by atoms with E-state index in [1.807, 2.05) is 24.9 Å². The van der Waals surface area contributed by atoms with Crippen LogP contribution in [0.25, 0.3) is 11.0 Å². The summed E-state index contributed by atoms with van der Waals surface area (Å²) < 4.78 is 12.4. The van der Waals surface area contributed by atoms with Crippen LogP contribution < -0.4 is 0 Å². The third-order valence-corrected chi connectivity index (χ3v) is 4.39. The molecule has 1 aliphatic heterocycles. The van der Waals surface area contributed by atoms with Crippen molar-refractivity contribution in [3.63, 3.8) is 0 Å². The van der Waals surface area contributed by atoms with Crippen molar-refractivity contribution < 1.29 is 14.3 Å². The number of methoxy groups -OCH3 is 2. The van der Waals surface area contributed by atoms with Crippen LogP contribution in [0.3, 0.4) is 0 Å². The number of likely N-dealkylation sites (tertiary alicyclic amines) is 1. The van der Waals surface area contributed by atoms with Gasteiger partial charge in [-0.3, -0.25) is 9.48 Å². The van der Waals surface area contributed by atoms with Gasteiger partial charge in [0, 0.05) is 33.5 Å². The van der Waals surface area contributed by atoms with Gasteiger partial charge in [-0.1, -0.05) is 0 Å². The summed E-state index contributed by atoms with van der Waals surface area (Å²) in [5.41, 5.74) is 2.16. The van der Waals surface area contributed by atoms with Crippen LogP contribution in [0.15, 0.2) is 12.3 Å². The minimum atomic E-state index is -0.0184. The molecule has 23 heavy (non-hydrogen) atoms. The first-order valence-electron chi connectivity index (χ1n) is 7.67. The Morgan fingerprint density at radius 2 is 2.22 bits per heavy atom. The molecular formula is C16H22N4O3. The van der Waals surface area contributed by atoms with Crippen LogP contribution in [-0.2, 0) is 16.5 Å². The highest BCUT2D eigenvalue weighted by atomic mass is 16.5. The third kappa shape index (κ3) is 2.82. The Kier molecular flexibility index (Phi) is 4.32. The number of nitrogens with zero attached hydrogens (tertiary/aromatic N) is 4. The summed E-state index contributed by atoms with van der Waals surface area (Å²) in [4.78, 5) is 19.4. The average molecular weight is 318 g/mol. The van der Waals surface area contributed by atoms with E-state index < -0.39 is 0 Å². The van der Waals surface area contributed by atoms with Crippen molar-refractivity contribution in [3.8, 4) is 0 Å². The first-order valence-corrected chi connectivity index (χ1v) is 7.67. The summed E-state index contributed by atoms with van der Waals surface area (Å²) in [6.45, 7) is 2.97. The minimum absolute atomic E-state index is 0.0184. The zero-order valence-electron chi connectivity index (χ0n) is 13.9. The molecule has 0 saturated carbocycles. The molecule has 0 unspecified atom stereocenters. The standard InChI is InChI=1S/C16H22N4O3/c1-10-5-13(14-7-17-19(2)15(14)18-10)16(21)20-8-12(23-4)6-11(20)9-22-3/h5,7,11-12H,6,8-9H2,1-4H3/t11-,12+/m0/s1. The van der Waals surface area contributed by atoms with Crippen LogP contribution in [0, 0.1) is 6.92 Å². The second-order valence-corrected chi connectivity index (χ2v) is 5.98. The summed E-state index contributed by atoms with van der Waals surface area (Å²) in [5.74, 6) is -0.0184. The molecule has 1 fully saturated rings. The van der Waals surface area contributed by atoms with E-state index in [0.29, 0.717) is 18.7 Å². The molecule has 0 spiro atoms. The average Bonchev–Trinajstić information content (AvgIpc) is 3.11. The Balaban J connectivity index is 1.99. The molecule has 0 bridgehead atoms. The van der Waals surface area contributed by atoms with Crippen molar-refractivity contribution >= 4 is 16.9 Å². The Morgan fingerprint density at radius 3 is 2.91 bits per heavy atom. The molecule has 1 amide bonds. The van der Waals surface area contributed by atoms with Crippen LogP contribution >= 0.6 is 0 Å². The number of amides is 1. The van der Waals surface area contributed by atoms with E-state index >= 15 is 0 Å². The van der Waals surface area contributed by atoms with Gasteiger partial charge in [-0.05, 0) is 19.4 Å². The number of ether oxygens (including phenoxy) is 2. The van der Waals surface area contributed by atoms with Crippen LogP contribution in [0.4, 0.5) is 0 Å². The van der Waals surface area contributed by atoms with Gasteiger partial charge in [-0.2, -0.15) is 5.10 Å². The van der Waals surface area contributed by atoms with Gasteiger partial charge >= 0.3 is 0 Å². The van der Waals surface area contributed by atoms with Gasteiger partial charge in [0.25, 0.3) is 5.91 Å². The fourth-order valence-electron chi connectivity index (χ4n) is 3.21. The van der Waals surface area contributed by atoms with Crippen molar-refractivity contribution in [3.05, 3.63) is 23.5 Å². The lowest BCUT2D eigenvalue weighted by Crippen LogP contribution is -2.38. The molecule has 3 rings (SSSR count). The predicted octanol–water partition coefficient (Wildman–Crippen LogP) is 1.15. The highest BCUT2D eigenvalue weighted by Crippen LogP contribution is 2.26. The maximum Gasteiger partial charge on any atom is 0.255 e. The highest BCUT2D eigenvalue weighted by Gasteiger charge is 2.36. The SMILES string of the molecule is COC[C@@H]1C[C@@H](OC)CN1C(=O)c1cc(C)nc2c1cnn2C. The zero-order chi connectivity index (χ0) is 16.6. The van der Waals surface area contributed by atoms with Crippen LogP contribution in [0.2, 0.25) is 0 Å². The molecule has 0 N–H and O–H groups in total. The number of carbonyl (C=O) groups excluding carboxylic acids is 1. The van der Waals surface area contributed by atoms with Crippen molar-refractivity contribution in [2.24, 2.45) is 7.05 Å². The molecule has 7 heteroatoms. The first-order chi connectivity index (χ1) is 11.0. The molecular weight excluding hydrogens is 296 g/mol. The lowest BCUT2D eigenvalue weighted by atomic mass is 10.1. The van der Waals surface area contributed by atoms with E-state index in [1.54, 1.807) is 25.1 Å². The molecule has 1 saturated heterocycles. The summed E-state index contributed by atoms with van der Waals surface area (Å²) in [7, 11) is 5.16. The fourth-order valence-corrected chi connectivity index (χ4v) is 3.21. The number of hydrogen-bond donors (Lipinski definition) is 0. The van der Waals surface area contributed by atoms with E-state index in [4.69, 9.17) is 9.47 Å². The quantitative estimate of drug-likeness (QED) is 0.846. The molecule has 0 aromatic carbocycles. The molecule has 1 aliphatic rings. The molecule has 7 nitrogen and oxygen atoms in total. The maximum atomic E-state index is 13.1. The summed E-state index contributed by atoms with van der Waals surface area (Å²) in [6, 6.07) is 1.86. The number of carbonyl (C=O) groups is 1. The Labute approximate surface area is 135 Å². The Bertz CT molecular complexity index is 727. The fraction of sp³-hybridized carbons (Fsp3) is 0.562. The van der Waals surface area contributed by atoms with Crippen molar-refractivity contribution in [1.29, 1.82) is 0 Å². The summed E-state index contributed by atoms with van der Waals surface area (Å²) in [6.07, 6.45) is 2.53. The summed E-state index contributed by atoms with van der Waals surface area (Å²) in [5, 5.41) is 5.00. The molecule has 3 heterocycles. The lowest BCUT2D eigenvalue weighted by molar-refractivity contribution is 0.0614. The zero-order valence-corrected chi connectivity index (χ0v) is 13.9. The lowest BCUT2D eigenvalue weighted by Gasteiger charge is -2.24. The topological polar surface area (TPSA) is 69.5 Å².